The number of pyridine rings is 1. The van der Waals surface area contributed by atoms with Gasteiger partial charge in [-0.05, 0) is 12.6 Å². The van der Waals surface area contributed by atoms with Gasteiger partial charge >= 0.3 is 0 Å². The van der Waals surface area contributed by atoms with Gasteiger partial charge < -0.3 is 5.32 Å². The first-order chi connectivity index (χ1) is 6.74. The number of Topliss-reactive ketones (excluding diaryl/α,β-unsaturated/α-hetero) is 1. The molecule has 0 saturated heterocycles. The van der Waals surface area contributed by atoms with Gasteiger partial charge in [-0.2, -0.15) is 0 Å². The Labute approximate surface area is 82.4 Å². The third-order valence-corrected chi connectivity index (χ3v) is 1.81. The zero-order valence-corrected chi connectivity index (χ0v) is 8.09. The molecule has 0 aliphatic heterocycles. The molecule has 1 heterocycles. The highest BCUT2D eigenvalue weighted by Gasteiger charge is 2.06. The van der Waals surface area contributed by atoms with Crippen LogP contribution in [0.1, 0.15) is 23.7 Å². The van der Waals surface area contributed by atoms with Gasteiger partial charge in [-0.15, -0.1) is 0 Å². The number of aromatic nitrogens is 1. The lowest BCUT2D eigenvalue weighted by atomic mass is 10.1. The molecule has 0 aliphatic carbocycles. The van der Waals surface area contributed by atoms with Crippen molar-refractivity contribution in [3.05, 3.63) is 29.8 Å². The van der Waals surface area contributed by atoms with E-state index in [0.29, 0.717) is 18.5 Å². The summed E-state index contributed by atoms with van der Waals surface area (Å²) >= 11 is 0. The lowest BCUT2D eigenvalue weighted by Crippen LogP contribution is -2.17. The average Bonchev–Trinajstić information content (AvgIpc) is 2.18. The minimum Gasteiger partial charge on any atom is -0.317 e. The number of hydrogen-bond acceptors (Lipinski definition) is 3. The molecule has 0 aromatic carbocycles. The maximum Gasteiger partial charge on any atom is 0.165 e. The zero-order chi connectivity index (χ0) is 10.4. The van der Waals surface area contributed by atoms with Gasteiger partial charge in [0.05, 0.1) is 6.20 Å². The first-order valence-electron chi connectivity index (χ1n) is 4.58. The lowest BCUT2D eigenvalue weighted by molar-refractivity contribution is 0.0982. The van der Waals surface area contributed by atoms with Crippen molar-refractivity contribution in [1.29, 1.82) is 0 Å². The number of nitrogens with zero attached hydrogens (tertiary/aromatic N) is 1. The Kier molecular flexibility index (Phi) is 4.19. The zero-order valence-electron chi connectivity index (χ0n) is 8.09. The number of rotatable bonds is 5. The summed E-state index contributed by atoms with van der Waals surface area (Å²) in [5.41, 5.74) is 0.336. The lowest BCUT2D eigenvalue weighted by Gasteiger charge is -2.01. The number of halogens is 1. The number of carbonyl (C=O) groups is 1. The van der Waals surface area contributed by atoms with Gasteiger partial charge in [-0.1, -0.05) is 6.92 Å². The van der Waals surface area contributed by atoms with Crippen LogP contribution in [0.3, 0.4) is 0 Å². The maximum atomic E-state index is 12.7. The smallest absolute Gasteiger partial charge is 0.165 e. The normalized spacial score (nSPS) is 10.1. The van der Waals surface area contributed by atoms with Crippen molar-refractivity contribution in [3.8, 4) is 0 Å². The molecule has 76 valence electrons. The van der Waals surface area contributed by atoms with Crippen LogP contribution in [0, 0.1) is 5.82 Å². The van der Waals surface area contributed by atoms with Crippen LogP contribution in [0.4, 0.5) is 4.39 Å². The van der Waals surface area contributed by atoms with E-state index >= 15 is 0 Å². The van der Waals surface area contributed by atoms with Crippen molar-refractivity contribution in [2.24, 2.45) is 0 Å². The first-order valence-corrected chi connectivity index (χ1v) is 4.58. The monoisotopic (exact) mass is 196 g/mol. The second-order valence-electron chi connectivity index (χ2n) is 2.92. The molecule has 1 aromatic rings. The highest BCUT2D eigenvalue weighted by Crippen LogP contribution is 2.03. The maximum absolute atomic E-state index is 12.7. The highest BCUT2D eigenvalue weighted by atomic mass is 19.1. The molecule has 0 atom stereocenters. The third kappa shape index (κ3) is 3.22. The van der Waals surface area contributed by atoms with E-state index < -0.39 is 5.82 Å². The second kappa shape index (κ2) is 5.44. The molecular weight excluding hydrogens is 183 g/mol. The summed E-state index contributed by atoms with van der Waals surface area (Å²) in [6.07, 6.45) is 2.84. The molecule has 0 spiro atoms. The van der Waals surface area contributed by atoms with Crippen molar-refractivity contribution in [2.45, 2.75) is 13.3 Å². The quantitative estimate of drug-likeness (QED) is 0.571. The molecule has 0 radical (unpaired) electrons. The standard InChI is InChI=1S/C10H13FN2O/c1-2-12-4-3-10(14)8-5-9(11)7-13-6-8/h5-7,12H,2-4H2,1H3. The summed E-state index contributed by atoms with van der Waals surface area (Å²) in [6, 6.07) is 1.21. The topological polar surface area (TPSA) is 42.0 Å². The molecule has 0 amide bonds. The van der Waals surface area contributed by atoms with Crippen LogP contribution in [0.15, 0.2) is 18.5 Å². The number of hydrogen-bond donors (Lipinski definition) is 1. The first kappa shape index (κ1) is 10.8. The van der Waals surface area contributed by atoms with E-state index in [2.05, 4.69) is 10.3 Å². The van der Waals surface area contributed by atoms with Gasteiger partial charge in [0, 0.05) is 24.7 Å². The largest absolute Gasteiger partial charge is 0.317 e. The number of ketones is 1. The summed E-state index contributed by atoms with van der Waals surface area (Å²) in [5, 5.41) is 3.03. The van der Waals surface area contributed by atoms with Gasteiger partial charge in [0.25, 0.3) is 0 Å². The van der Waals surface area contributed by atoms with Crippen LogP contribution in [-0.4, -0.2) is 23.9 Å². The fourth-order valence-electron chi connectivity index (χ4n) is 1.09. The van der Waals surface area contributed by atoms with Gasteiger partial charge in [0.1, 0.15) is 5.82 Å². The van der Waals surface area contributed by atoms with E-state index in [4.69, 9.17) is 0 Å². The Morgan fingerprint density at radius 3 is 3.00 bits per heavy atom. The van der Waals surface area contributed by atoms with Gasteiger partial charge in [-0.25, -0.2) is 4.39 Å². The molecule has 0 unspecified atom stereocenters. The molecule has 0 saturated carbocycles. The van der Waals surface area contributed by atoms with E-state index in [-0.39, 0.29) is 5.78 Å². The van der Waals surface area contributed by atoms with E-state index in [1.165, 1.54) is 12.3 Å². The highest BCUT2D eigenvalue weighted by molar-refractivity contribution is 5.95. The minimum atomic E-state index is -0.473. The van der Waals surface area contributed by atoms with E-state index in [1.54, 1.807) is 0 Å². The summed E-state index contributed by atoms with van der Waals surface area (Å²) < 4.78 is 12.7. The van der Waals surface area contributed by atoms with Crippen LogP contribution in [0.5, 0.6) is 0 Å². The third-order valence-electron chi connectivity index (χ3n) is 1.81. The van der Waals surface area contributed by atoms with Gasteiger partial charge in [0.2, 0.25) is 0 Å². The van der Waals surface area contributed by atoms with E-state index in [9.17, 15) is 9.18 Å². The Morgan fingerprint density at radius 1 is 1.57 bits per heavy atom. The van der Waals surface area contributed by atoms with Crippen molar-refractivity contribution < 1.29 is 9.18 Å². The molecular formula is C10H13FN2O. The molecule has 3 nitrogen and oxygen atoms in total. The van der Waals surface area contributed by atoms with Crippen molar-refractivity contribution in [2.75, 3.05) is 13.1 Å². The molecule has 0 fully saturated rings. The van der Waals surface area contributed by atoms with E-state index in [0.717, 1.165) is 12.7 Å². The molecule has 14 heavy (non-hydrogen) atoms. The fourth-order valence-corrected chi connectivity index (χ4v) is 1.09. The summed E-state index contributed by atoms with van der Waals surface area (Å²) in [5.74, 6) is -0.558. The predicted octanol–water partition coefficient (Wildman–Crippen LogP) is 1.40. The van der Waals surface area contributed by atoms with Crippen molar-refractivity contribution in [3.63, 3.8) is 0 Å². The van der Waals surface area contributed by atoms with E-state index in [1.807, 2.05) is 6.92 Å². The summed E-state index contributed by atoms with van der Waals surface area (Å²) in [6.45, 7) is 3.41. The van der Waals surface area contributed by atoms with Crippen molar-refractivity contribution in [1.82, 2.24) is 10.3 Å². The van der Waals surface area contributed by atoms with Crippen LogP contribution in [0.25, 0.3) is 0 Å². The Bertz CT molecular complexity index is 315. The molecule has 1 N–H and O–H groups in total. The van der Waals surface area contributed by atoms with Gasteiger partial charge in [0.15, 0.2) is 5.78 Å². The Balaban J connectivity index is 2.52. The SMILES string of the molecule is CCNCCC(=O)c1cncc(F)c1. The summed E-state index contributed by atoms with van der Waals surface area (Å²) in [4.78, 5) is 15.0. The van der Waals surface area contributed by atoms with Crippen LogP contribution >= 0.6 is 0 Å². The average molecular weight is 196 g/mol. The minimum absolute atomic E-state index is 0.0852. The fraction of sp³-hybridized carbons (Fsp3) is 0.400. The molecule has 0 aliphatic rings. The predicted molar refractivity (Wildman–Crippen MR) is 51.7 cm³/mol. The van der Waals surface area contributed by atoms with Crippen LogP contribution in [0.2, 0.25) is 0 Å². The molecule has 0 bridgehead atoms. The van der Waals surface area contributed by atoms with Crippen LogP contribution < -0.4 is 5.32 Å². The van der Waals surface area contributed by atoms with Gasteiger partial charge in [-0.3, -0.25) is 9.78 Å². The molecule has 4 heteroatoms. The summed E-state index contributed by atoms with van der Waals surface area (Å²) in [7, 11) is 0. The molecule has 1 rings (SSSR count). The number of nitrogens with one attached hydrogen (secondary N) is 1. The Hall–Kier alpha value is -1.29. The Morgan fingerprint density at radius 2 is 2.36 bits per heavy atom. The molecule has 1 aromatic heterocycles. The van der Waals surface area contributed by atoms with Crippen molar-refractivity contribution >= 4 is 5.78 Å². The van der Waals surface area contributed by atoms with Crippen LogP contribution in [-0.2, 0) is 0 Å². The number of carbonyl (C=O) groups excluding carboxylic acids is 1. The second-order valence-corrected chi connectivity index (χ2v) is 2.92.